The van der Waals surface area contributed by atoms with Crippen molar-refractivity contribution in [3.63, 3.8) is 0 Å². The second-order valence-corrected chi connectivity index (χ2v) is 6.70. The van der Waals surface area contributed by atoms with Gasteiger partial charge in [0.1, 0.15) is 5.82 Å². The van der Waals surface area contributed by atoms with Crippen LogP contribution in [-0.2, 0) is 16.1 Å². The summed E-state index contributed by atoms with van der Waals surface area (Å²) in [7, 11) is 1.27. The van der Waals surface area contributed by atoms with E-state index < -0.39 is 22.6 Å². The maximum absolute atomic E-state index is 13.1. The summed E-state index contributed by atoms with van der Waals surface area (Å²) in [6.07, 6.45) is 0.0389. The maximum Gasteiger partial charge on any atom is 0.307 e. The molecule has 3 aromatic rings. The highest BCUT2D eigenvalue weighted by Gasteiger charge is 2.14. The SMILES string of the molecule is COC(=O)CCn1c(=NC(=O)c2ccc(F)cc2)sc2cc([N+](=O)[O-])ccc21. The molecule has 0 spiro atoms. The molecule has 0 bridgehead atoms. The number of rotatable bonds is 5. The molecule has 0 aliphatic rings. The molecule has 0 radical (unpaired) electrons. The standard InChI is InChI=1S/C18H14FN3O5S/c1-27-16(23)8-9-21-14-7-6-13(22(25)26)10-15(14)28-18(21)20-17(24)11-2-4-12(19)5-3-11/h2-7,10H,8-9H2,1H3. The Morgan fingerprint density at radius 3 is 2.61 bits per heavy atom. The molecule has 0 saturated carbocycles. The molecule has 10 heteroatoms. The summed E-state index contributed by atoms with van der Waals surface area (Å²) in [5.41, 5.74) is 0.708. The monoisotopic (exact) mass is 403 g/mol. The minimum absolute atomic E-state index is 0.0389. The van der Waals surface area contributed by atoms with Gasteiger partial charge in [0.05, 0.1) is 28.7 Å². The second-order valence-electron chi connectivity index (χ2n) is 5.70. The minimum atomic E-state index is -0.590. The van der Waals surface area contributed by atoms with Gasteiger partial charge in [-0.3, -0.25) is 19.7 Å². The molecular formula is C18H14FN3O5S. The van der Waals surface area contributed by atoms with Gasteiger partial charge in [0.25, 0.3) is 11.6 Å². The zero-order valence-electron chi connectivity index (χ0n) is 14.6. The number of hydrogen-bond acceptors (Lipinski definition) is 6. The van der Waals surface area contributed by atoms with Gasteiger partial charge < -0.3 is 9.30 Å². The Labute approximate surface area is 161 Å². The molecule has 0 N–H and O–H groups in total. The third-order valence-corrected chi connectivity index (χ3v) is 4.97. The van der Waals surface area contributed by atoms with Crippen molar-refractivity contribution >= 4 is 39.1 Å². The smallest absolute Gasteiger partial charge is 0.307 e. The van der Waals surface area contributed by atoms with Crippen LogP contribution in [0.4, 0.5) is 10.1 Å². The number of carbonyl (C=O) groups excluding carboxylic acids is 2. The van der Waals surface area contributed by atoms with Crippen LogP contribution in [0.25, 0.3) is 10.2 Å². The number of nitrogens with zero attached hydrogens (tertiary/aromatic N) is 3. The predicted molar refractivity (Wildman–Crippen MR) is 99.4 cm³/mol. The molecule has 2 aromatic carbocycles. The molecule has 8 nitrogen and oxygen atoms in total. The number of aromatic nitrogens is 1. The molecule has 0 aliphatic heterocycles. The lowest BCUT2D eigenvalue weighted by Crippen LogP contribution is -2.19. The summed E-state index contributed by atoms with van der Waals surface area (Å²) in [5.74, 6) is -1.50. The summed E-state index contributed by atoms with van der Waals surface area (Å²) < 4.78 is 19.9. The number of methoxy groups -OCH3 is 1. The van der Waals surface area contributed by atoms with E-state index >= 15 is 0 Å². The van der Waals surface area contributed by atoms with Crippen LogP contribution in [0.2, 0.25) is 0 Å². The number of thiazole rings is 1. The Balaban J connectivity index is 2.09. The molecule has 0 fully saturated rings. The number of benzene rings is 2. The summed E-state index contributed by atoms with van der Waals surface area (Å²) in [6.45, 7) is 0.181. The number of carbonyl (C=O) groups is 2. The van der Waals surface area contributed by atoms with Crippen LogP contribution in [-0.4, -0.2) is 28.5 Å². The van der Waals surface area contributed by atoms with Crippen molar-refractivity contribution < 1.29 is 23.6 Å². The van der Waals surface area contributed by atoms with Gasteiger partial charge in [-0.1, -0.05) is 11.3 Å². The van der Waals surface area contributed by atoms with Crippen LogP contribution in [0.3, 0.4) is 0 Å². The van der Waals surface area contributed by atoms with Crippen molar-refractivity contribution in [1.29, 1.82) is 0 Å². The number of non-ortho nitro benzene ring substituents is 1. The topological polar surface area (TPSA) is 104 Å². The van der Waals surface area contributed by atoms with Crippen LogP contribution in [0.1, 0.15) is 16.8 Å². The zero-order valence-corrected chi connectivity index (χ0v) is 15.4. The number of ether oxygens (including phenoxy) is 1. The Morgan fingerprint density at radius 2 is 1.96 bits per heavy atom. The first-order chi connectivity index (χ1) is 13.4. The van der Waals surface area contributed by atoms with Crippen LogP contribution in [0.5, 0.6) is 0 Å². The number of nitro groups is 1. The second kappa shape index (κ2) is 8.09. The number of amides is 1. The van der Waals surface area contributed by atoms with Crippen molar-refractivity contribution in [2.24, 2.45) is 4.99 Å². The fourth-order valence-corrected chi connectivity index (χ4v) is 3.61. The molecule has 28 heavy (non-hydrogen) atoms. The maximum atomic E-state index is 13.1. The van der Waals surface area contributed by atoms with Crippen molar-refractivity contribution in [3.8, 4) is 0 Å². The first-order valence-electron chi connectivity index (χ1n) is 8.08. The van der Waals surface area contributed by atoms with Crippen LogP contribution in [0.15, 0.2) is 47.5 Å². The van der Waals surface area contributed by atoms with Gasteiger partial charge in [-0.25, -0.2) is 4.39 Å². The lowest BCUT2D eigenvalue weighted by molar-refractivity contribution is -0.384. The van der Waals surface area contributed by atoms with Gasteiger partial charge in [-0.15, -0.1) is 0 Å². The van der Waals surface area contributed by atoms with Crippen molar-refractivity contribution in [2.45, 2.75) is 13.0 Å². The fourth-order valence-electron chi connectivity index (χ4n) is 2.53. The summed E-state index contributed by atoms with van der Waals surface area (Å²) in [6, 6.07) is 9.22. The lowest BCUT2D eigenvalue weighted by Gasteiger charge is -2.04. The quantitative estimate of drug-likeness (QED) is 0.370. The van der Waals surface area contributed by atoms with E-state index in [4.69, 9.17) is 0 Å². The van der Waals surface area contributed by atoms with Crippen LogP contribution < -0.4 is 4.80 Å². The molecule has 0 aliphatic carbocycles. The Hall–Kier alpha value is -3.40. The fraction of sp³-hybridized carbons (Fsp3) is 0.167. The van der Waals surface area contributed by atoms with Crippen LogP contribution in [0, 0.1) is 15.9 Å². The average Bonchev–Trinajstić information content (AvgIpc) is 3.02. The molecular weight excluding hydrogens is 389 g/mol. The minimum Gasteiger partial charge on any atom is -0.469 e. The Kier molecular flexibility index (Phi) is 5.59. The highest BCUT2D eigenvalue weighted by molar-refractivity contribution is 7.16. The first kappa shape index (κ1) is 19.4. The zero-order chi connectivity index (χ0) is 20.3. The van der Waals surface area contributed by atoms with Gasteiger partial charge >= 0.3 is 5.97 Å². The van der Waals surface area contributed by atoms with Crippen molar-refractivity contribution in [1.82, 2.24) is 4.57 Å². The third kappa shape index (κ3) is 4.12. The third-order valence-electron chi connectivity index (χ3n) is 3.93. The van der Waals surface area contributed by atoms with Crippen molar-refractivity contribution in [3.05, 3.63) is 68.8 Å². The van der Waals surface area contributed by atoms with Gasteiger partial charge in [-0.05, 0) is 30.3 Å². The molecule has 0 unspecified atom stereocenters. The number of nitro benzene ring substituents is 1. The lowest BCUT2D eigenvalue weighted by atomic mass is 10.2. The number of fused-ring (bicyclic) bond motifs is 1. The molecule has 0 atom stereocenters. The van der Waals surface area contributed by atoms with E-state index in [0.717, 1.165) is 23.5 Å². The molecule has 1 heterocycles. The van der Waals surface area contributed by atoms with Gasteiger partial charge in [-0.2, -0.15) is 4.99 Å². The average molecular weight is 403 g/mol. The number of aryl methyl sites for hydroxylation is 1. The summed E-state index contributed by atoms with van der Waals surface area (Å²) in [4.78, 5) is 38.8. The van der Waals surface area contributed by atoms with E-state index in [9.17, 15) is 24.1 Å². The summed E-state index contributed by atoms with van der Waals surface area (Å²) in [5, 5.41) is 11.0. The normalized spacial score (nSPS) is 11.6. The first-order valence-corrected chi connectivity index (χ1v) is 8.90. The number of esters is 1. The largest absolute Gasteiger partial charge is 0.469 e. The molecule has 1 amide bonds. The highest BCUT2D eigenvalue weighted by atomic mass is 32.1. The number of halogens is 1. The van der Waals surface area contributed by atoms with Crippen LogP contribution >= 0.6 is 11.3 Å². The van der Waals surface area contributed by atoms with Gasteiger partial charge in [0.2, 0.25) is 0 Å². The van der Waals surface area contributed by atoms with E-state index in [1.807, 2.05) is 0 Å². The molecule has 0 saturated heterocycles. The van der Waals surface area contributed by atoms with E-state index in [2.05, 4.69) is 9.73 Å². The van der Waals surface area contributed by atoms with E-state index in [0.29, 0.717) is 10.2 Å². The van der Waals surface area contributed by atoms with Crippen molar-refractivity contribution in [2.75, 3.05) is 7.11 Å². The van der Waals surface area contributed by atoms with Gasteiger partial charge in [0, 0.05) is 24.2 Å². The molecule has 3 rings (SSSR count). The van der Waals surface area contributed by atoms with E-state index in [-0.39, 0.29) is 29.0 Å². The van der Waals surface area contributed by atoms with Gasteiger partial charge in [0.15, 0.2) is 4.80 Å². The molecule has 144 valence electrons. The Morgan fingerprint density at radius 1 is 1.25 bits per heavy atom. The number of hydrogen-bond donors (Lipinski definition) is 0. The van der Waals surface area contributed by atoms with E-state index in [1.165, 1.54) is 31.4 Å². The summed E-state index contributed by atoms with van der Waals surface area (Å²) >= 11 is 1.09. The highest BCUT2D eigenvalue weighted by Crippen LogP contribution is 2.23. The predicted octanol–water partition coefficient (Wildman–Crippen LogP) is 3.05. The Bertz CT molecular complexity index is 1130. The molecule has 1 aromatic heterocycles. The van der Waals surface area contributed by atoms with E-state index in [1.54, 1.807) is 10.6 Å².